The van der Waals surface area contributed by atoms with Gasteiger partial charge in [0.1, 0.15) is 23.2 Å². The second-order valence-electron chi connectivity index (χ2n) is 7.46. The molecule has 0 aromatic heterocycles. The fourth-order valence-electron chi connectivity index (χ4n) is 3.13. The van der Waals surface area contributed by atoms with Gasteiger partial charge in [0.05, 0.1) is 18.2 Å². The van der Waals surface area contributed by atoms with Crippen molar-refractivity contribution < 1.29 is 28.2 Å². The minimum Gasteiger partial charge on any atom is -0.497 e. The first-order chi connectivity index (χ1) is 17.8. The van der Waals surface area contributed by atoms with Crippen LogP contribution in [0.1, 0.15) is 12.5 Å². The number of hydrogen-bond donors (Lipinski definition) is 2. The Hall–Kier alpha value is -4.36. The molecule has 2 amide bonds. The summed E-state index contributed by atoms with van der Waals surface area (Å²) >= 11 is 3.41. The number of amides is 2. The van der Waals surface area contributed by atoms with Crippen LogP contribution in [0.5, 0.6) is 17.2 Å². The summed E-state index contributed by atoms with van der Waals surface area (Å²) in [6.45, 7) is 1.81. The molecule has 8 nitrogen and oxygen atoms in total. The van der Waals surface area contributed by atoms with Crippen LogP contribution in [0.4, 0.5) is 15.8 Å². The monoisotopic (exact) mass is 567 g/mol. The highest BCUT2D eigenvalue weighted by molar-refractivity contribution is 9.10. The molecule has 0 aliphatic rings. The fraction of sp³-hybridized carbons (Fsp3) is 0.148. The number of rotatable bonds is 10. The molecule has 37 heavy (non-hydrogen) atoms. The van der Waals surface area contributed by atoms with E-state index in [2.05, 4.69) is 26.6 Å². The molecule has 190 valence electrons. The number of carbonyl (C=O) groups excluding carboxylic acids is 2. The quantitative estimate of drug-likeness (QED) is 0.245. The van der Waals surface area contributed by atoms with Gasteiger partial charge in [-0.1, -0.05) is 0 Å². The van der Waals surface area contributed by atoms with Gasteiger partial charge in [-0.2, -0.15) is 5.26 Å². The number of anilines is 2. The molecular formula is C27H23BrFN3O5. The zero-order valence-corrected chi connectivity index (χ0v) is 21.6. The summed E-state index contributed by atoms with van der Waals surface area (Å²) in [5.41, 5.74) is 1.24. The molecule has 0 heterocycles. The first-order valence-electron chi connectivity index (χ1n) is 11.0. The molecule has 3 aromatic rings. The molecule has 0 fully saturated rings. The summed E-state index contributed by atoms with van der Waals surface area (Å²) in [6.07, 6.45) is 1.38. The van der Waals surface area contributed by atoms with Crippen molar-refractivity contribution in [2.24, 2.45) is 0 Å². The van der Waals surface area contributed by atoms with Crippen LogP contribution >= 0.6 is 15.9 Å². The Balaban J connectivity index is 1.74. The van der Waals surface area contributed by atoms with Crippen LogP contribution in [0.2, 0.25) is 0 Å². The van der Waals surface area contributed by atoms with Gasteiger partial charge in [0.15, 0.2) is 18.1 Å². The average molecular weight is 568 g/mol. The minimum atomic E-state index is -0.654. The Morgan fingerprint density at radius 2 is 1.68 bits per heavy atom. The van der Waals surface area contributed by atoms with Crippen LogP contribution in [0.3, 0.4) is 0 Å². The number of nitrogens with zero attached hydrogens (tertiary/aromatic N) is 1. The van der Waals surface area contributed by atoms with E-state index in [1.807, 2.05) is 6.07 Å². The molecule has 0 aliphatic carbocycles. The van der Waals surface area contributed by atoms with Gasteiger partial charge >= 0.3 is 0 Å². The van der Waals surface area contributed by atoms with E-state index < -0.39 is 11.7 Å². The summed E-state index contributed by atoms with van der Waals surface area (Å²) in [5.74, 6) is -0.203. The minimum absolute atomic E-state index is 0.175. The third kappa shape index (κ3) is 7.81. The number of benzene rings is 3. The molecule has 0 radical (unpaired) electrons. The molecule has 3 aromatic carbocycles. The van der Waals surface area contributed by atoms with E-state index in [9.17, 15) is 19.2 Å². The fourth-order valence-corrected chi connectivity index (χ4v) is 3.70. The number of ether oxygens (including phenoxy) is 3. The molecule has 10 heteroatoms. The number of halogens is 2. The summed E-state index contributed by atoms with van der Waals surface area (Å²) in [6, 6.07) is 17.1. The van der Waals surface area contributed by atoms with Crippen molar-refractivity contribution in [3.63, 3.8) is 0 Å². The number of hydrogen-bond acceptors (Lipinski definition) is 6. The van der Waals surface area contributed by atoms with E-state index in [4.69, 9.17) is 14.2 Å². The lowest BCUT2D eigenvalue weighted by atomic mass is 10.1. The highest BCUT2D eigenvalue weighted by atomic mass is 79.9. The van der Waals surface area contributed by atoms with Crippen LogP contribution in [-0.4, -0.2) is 32.1 Å². The molecule has 0 unspecified atom stereocenters. The molecule has 0 atom stereocenters. The molecule has 3 rings (SSSR count). The van der Waals surface area contributed by atoms with E-state index in [0.717, 1.165) is 0 Å². The van der Waals surface area contributed by atoms with Crippen LogP contribution in [0, 0.1) is 17.1 Å². The summed E-state index contributed by atoms with van der Waals surface area (Å²) in [4.78, 5) is 24.9. The second-order valence-corrected chi connectivity index (χ2v) is 8.31. The van der Waals surface area contributed by atoms with Crippen molar-refractivity contribution in [2.45, 2.75) is 6.92 Å². The zero-order chi connectivity index (χ0) is 26.8. The predicted octanol–water partition coefficient (Wildman–Crippen LogP) is 5.56. The molecule has 0 bridgehead atoms. The second kappa shape index (κ2) is 13.1. The largest absolute Gasteiger partial charge is 0.497 e. The summed E-state index contributed by atoms with van der Waals surface area (Å²) in [5, 5.41) is 14.8. The Morgan fingerprint density at radius 3 is 2.30 bits per heavy atom. The van der Waals surface area contributed by atoms with Gasteiger partial charge in [-0.3, -0.25) is 9.59 Å². The normalized spacial score (nSPS) is 10.7. The van der Waals surface area contributed by atoms with Gasteiger partial charge in [-0.05, 0) is 95.2 Å². The average Bonchev–Trinajstić information content (AvgIpc) is 2.88. The number of nitrogens with one attached hydrogen (secondary N) is 2. The van der Waals surface area contributed by atoms with Crippen molar-refractivity contribution in [1.29, 1.82) is 5.26 Å². The van der Waals surface area contributed by atoms with Crippen molar-refractivity contribution >= 4 is 45.2 Å². The van der Waals surface area contributed by atoms with Gasteiger partial charge in [-0.25, -0.2) is 4.39 Å². The molecular weight excluding hydrogens is 545 g/mol. The third-order valence-corrected chi connectivity index (χ3v) is 5.42. The number of nitriles is 1. The highest BCUT2D eigenvalue weighted by Crippen LogP contribution is 2.37. The van der Waals surface area contributed by atoms with Crippen molar-refractivity contribution in [3.05, 3.63) is 82.1 Å². The third-order valence-electron chi connectivity index (χ3n) is 4.83. The molecule has 0 saturated carbocycles. The van der Waals surface area contributed by atoms with Crippen molar-refractivity contribution in [2.75, 3.05) is 31.0 Å². The lowest BCUT2D eigenvalue weighted by Crippen LogP contribution is -2.20. The van der Waals surface area contributed by atoms with Gasteiger partial charge in [0.2, 0.25) is 0 Å². The lowest BCUT2D eigenvalue weighted by molar-refractivity contribution is -0.118. The van der Waals surface area contributed by atoms with Gasteiger partial charge in [0.25, 0.3) is 11.8 Å². The van der Waals surface area contributed by atoms with Crippen LogP contribution in [0.25, 0.3) is 6.08 Å². The SMILES string of the molecule is CCOc1cc(/C=C(\C#N)C(=O)Nc2ccc(F)cc2)cc(Br)c1OCC(=O)Nc1ccc(OC)cc1. The van der Waals surface area contributed by atoms with Crippen molar-refractivity contribution in [3.8, 4) is 23.3 Å². The first kappa shape index (κ1) is 27.2. The van der Waals surface area contributed by atoms with Crippen molar-refractivity contribution in [1.82, 2.24) is 0 Å². The number of methoxy groups -OCH3 is 1. The van der Waals surface area contributed by atoms with Gasteiger partial charge < -0.3 is 24.8 Å². The van der Waals surface area contributed by atoms with E-state index in [0.29, 0.717) is 39.5 Å². The maximum Gasteiger partial charge on any atom is 0.266 e. The van der Waals surface area contributed by atoms with E-state index in [1.165, 1.54) is 30.3 Å². The Morgan fingerprint density at radius 1 is 1.03 bits per heavy atom. The maximum absolute atomic E-state index is 13.1. The summed E-state index contributed by atoms with van der Waals surface area (Å²) < 4.78 is 30.0. The van der Waals surface area contributed by atoms with E-state index >= 15 is 0 Å². The Bertz CT molecular complexity index is 1340. The van der Waals surface area contributed by atoms with E-state index in [1.54, 1.807) is 50.4 Å². The first-order valence-corrected chi connectivity index (χ1v) is 11.8. The highest BCUT2D eigenvalue weighted by Gasteiger charge is 2.16. The van der Waals surface area contributed by atoms with Gasteiger partial charge in [0, 0.05) is 11.4 Å². The Labute approximate surface area is 221 Å². The maximum atomic E-state index is 13.1. The molecule has 0 saturated heterocycles. The molecule has 0 spiro atoms. The standard InChI is InChI=1S/C27H23BrFN3O5/c1-3-36-24-14-17(12-18(15-30)27(34)32-21-6-4-19(29)5-7-21)13-23(28)26(24)37-16-25(33)31-20-8-10-22(35-2)11-9-20/h4-14H,3,16H2,1-2H3,(H,31,33)(H,32,34)/b18-12+. The molecule has 0 aliphatic heterocycles. The molecule has 2 N–H and O–H groups in total. The predicted molar refractivity (Wildman–Crippen MR) is 141 cm³/mol. The van der Waals surface area contributed by atoms with E-state index in [-0.39, 0.29) is 23.8 Å². The zero-order valence-electron chi connectivity index (χ0n) is 20.0. The topological polar surface area (TPSA) is 110 Å². The van der Waals surface area contributed by atoms with Crippen LogP contribution in [-0.2, 0) is 9.59 Å². The summed E-state index contributed by atoms with van der Waals surface area (Å²) in [7, 11) is 1.56. The van der Waals surface area contributed by atoms with Crippen LogP contribution < -0.4 is 24.8 Å². The number of carbonyl (C=O) groups is 2. The smallest absolute Gasteiger partial charge is 0.266 e. The lowest BCUT2D eigenvalue weighted by Gasteiger charge is -2.15. The van der Waals surface area contributed by atoms with Gasteiger partial charge in [-0.15, -0.1) is 0 Å². The Kier molecular flexibility index (Phi) is 9.63. The van der Waals surface area contributed by atoms with Crippen LogP contribution in [0.15, 0.2) is 70.7 Å².